The number of nitrogens with zero attached hydrogens (tertiary/aromatic N) is 1. The van der Waals surface area contributed by atoms with Gasteiger partial charge in [0.1, 0.15) is 16.5 Å². The Labute approximate surface area is 206 Å². The van der Waals surface area contributed by atoms with E-state index >= 15 is 0 Å². The topological polar surface area (TPSA) is 54.6 Å². The van der Waals surface area contributed by atoms with Crippen LogP contribution in [0.2, 0.25) is 0 Å². The largest absolute Gasteiger partial charge is 0.455 e. The number of benzene rings is 1. The maximum atomic E-state index is 13.3. The predicted molar refractivity (Wildman–Crippen MR) is 132 cm³/mol. The van der Waals surface area contributed by atoms with E-state index in [4.69, 9.17) is 4.42 Å². The van der Waals surface area contributed by atoms with Crippen molar-refractivity contribution >= 4 is 28.5 Å². The first-order valence-electron chi connectivity index (χ1n) is 12.2. The summed E-state index contributed by atoms with van der Waals surface area (Å²) in [6.07, 6.45) is 6.69. The standard InChI is InChI=1S/C27H27F3N2O2S/c28-27(29,30)18-8-6-7-17(15-18)22-14-13-20(34-22)16-31-26-24(21-11-4-5-12-23(21)35-26)25(33)32-19-9-2-1-3-10-19/h6-8,13-16,19H,1-5,9-12H2,(H,32,33)/b31-16+. The van der Waals surface area contributed by atoms with E-state index in [9.17, 15) is 18.0 Å². The number of amides is 1. The summed E-state index contributed by atoms with van der Waals surface area (Å²) in [5, 5.41) is 3.90. The summed E-state index contributed by atoms with van der Waals surface area (Å²) in [6.45, 7) is 0. The van der Waals surface area contributed by atoms with Crippen LogP contribution in [0.4, 0.5) is 18.2 Å². The van der Waals surface area contributed by atoms with Gasteiger partial charge >= 0.3 is 6.18 Å². The molecule has 0 unspecified atom stereocenters. The fraction of sp³-hybridized carbons (Fsp3) is 0.407. The van der Waals surface area contributed by atoms with Crippen LogP contribution in [-0.2, 0) is 19.0 Å². The minimum absolute atomic E-state index is 0.0486. The summed E-state index contributed by atoms with van der Waals surface area (Å²) in [4.78, 5) is 19.1. The van der Waals surface area contributed by atoms with E-state index in [2.05, 4.69) is 10.3 Å². The van der Waals surface area contributed by atoms with Gasteiger partial charge in [0.25, 0.3) is 5.91 Å². The average Bonchev–Trinajstić information content (AvgIpc) is 3.47. The SMILES string of the molecule is O=C(NC1CCCCC1)c1c(/N=C/c2ccc(-c3cccc(C(F)(F)F)c3)o2)sc2c1CCCC2. The lowest BCUT2D eigenvalue weighted by atomic mass is 9.93. The lowest BCUT2D eigenvalue weighted by Crippen LogP contribution is -2.36. The third-order valence-corrected chi connectivity index (χ3v) is 7.93. The van der Waals surface area contributed by atoms with Crippen molar-refractivity contribution in [1.82, 2.24) is 5.32 Å². The maximum Gasteiger partial charge on any atom is 0.416 e. The van der Waals surface area contributed by atoms with E-state index in [0.29, 0.717) is 27.6 Å². The van der Waals surface area contributed by atoms with Crippen LogP contribution in [0.5, 0.6) is 0 Å². The molecule has 0 spiro atoms. The molecule has 2 aromatic heterocycles. The van der Waals surface area contributed by atoms with Crippen LogP contribution >= 0.6 is 11.3 Å². The highest BCUT2D eigenvalue weighted by Crippen LogP contribution is 2.40. The minimum Gasteiger partial charge on any atom is -0.455 e. The zero-order valence-electron chi connectivity index (χ0n) is 19.3. The third kappa shape index (κ3) is 5.37. The second-order valence-electron chi connectivity index (χ2n) is 9.24. The highest BCUT2D eigenvalue weighted by molar-refractivity contribution is 7.16. The van der Waals surface area contributed by atoms with E-state index < -0.39 is 11.7 Å². The number of halogens is 3. The minimum atomic E-state index is -4.42. The number of hydrogen-bond donors (Lipinski definition) is 1. The lowest BCUT2D eigenvalue weighted by Gasteiger charge is -2.23. The van der Waals surface area contributed by atoms with Crippen molar-refractivity contribution < 1.29 is 22.4 Å². The normalized spacial score (nSPS) is 17.0. The highest BCUT2D eigenvalue weighted by atomic mass is 32.1. The summed E-state index contributed by atoms with van der Waals surface area (Å²) in [6, 6.07) is 8.57. The van der Waals surface area contributed by atoms with Crippen molar-refractivity contribution in [2.24, 2.45) is 4.99 Å². The van der Waals surface area contributed by atoms with E-state index in [1.807, 2.05) is 0 Å². The smallest absolute Gasteiger partial charge is 0.416 e. The molecule has 0 bridgehead atoms. The molecule has 0 atom stereocenters. The Kier molecular flexibility index (Phi) is 6.82. The number of carbonyl (C=O) groups is 1. The monoisotopic (exact) mass is 500 g/mol. The molecule has 1 N–H and O–H groups in total. The van der Waals surface area contributed by atoms with Crippen LogP contribution in [0, 0.1) is 0 Å². The molecule has 0 radical (unpaired) electrons. The first kappa shape index (κ1) is 23.9. The number of thiophene rings is 1. The molecule has 5 rings (SSSR count). The summed E-state index contributed by atoms with van der Waals surface area (Å²) < 4.78 is 45.0. The Morgan fingerprint density at radius 2 is 1.86 bits per heavy atom. The molecular formula is C27H27F3N2O2S. The summed E-state index contributed by atoms with van der Waals surface area (Å²) in [7, 11) is 0. The van der Waals surface area contributed by atoms with Gasteiger partial charge in [-0.2, -0.15) is 13.2 Å². The van der Waals surface area contributed by atoms with Crippen LogP contribution in [0.15, 0.2) is 45.8 Å². The number of fused-ring (bicyclic) bond motifs is 1. The van der Waals surface area contributed by atoms with E-state index in [1.54, 1.807) is 35.8 Å². The number of aryl methyl sites for hydroxylation is 1. The highest BCUT2D eigenvalue weighted by Gasteiger charge is 2.31. The van der Waals surface area contributed by atoms with Crippen LogP contribution in [0.1, 0.15) is 77.1 Å². The van der Waals surface area contributed by atoms with Crippen molar-refractivity contribution in [2.45, 2.75) is 70.0 Å². The third-order valence-electron chi connectivity index (χ3n) is 6.73. The quantitative estimate of drug-likeness (QED) is 0.365. The van der Waals surface area contributed by atoms with Gasteiger partial charge in [0.05, 0.1) is 17.3 Å². The van der Waals surface area contributed by atoms with Gasteiger partial charge in [-0.05, 0) is 68.4 Å². The van der Waals surface area contributed by atoms with Crippen LogP contribution in [0.25, 0.3) is 11.3 Å². The molecule has 1 amide bonds. The number of nitrogens with one attached hydrogen (secondary N) is 1. The van der Waals surface area contributed by atoms with E-state index in [-0.39, 0.29) is 11.9 Å². The molecule has 184 valence electrons. The summed E-state index contributed by atoms with van der Waals surface area (Å²) >= 11 is 1.55. The van der Waals surface area contributed by atoms with Gasteiger partial charge in [-0.15, -0.1) is 11.3 Å². The van der Waals surface area contributed by atoms with Gasteiger partial charge in [-0.1, -0.05) is 31.4 Å². The molecule has 3 aromatic rings. The zero-order chi connectivity index (χ0) is 24.4. The van der Waals surface area contributed by atoms with E-state index in [1.165, 1.54) is 17.4 Å². The molecule has 0 aliphatic heterocycles. The number of hydrogen-bond acceptors (Lipinski definition) is 4. The van der Waals surface area contributed by atoms with Gasteiger partial charge in [0.2, 0.25) is 0 Å². The molecule has 1 aromatic carbocycles. The molecule has 2 aliphatic rings. The van der Waals surface area contributed by atoms with Crippen molar-refractivity contribution in [3.8, 4) is 11.3 Å². The second kappa shape index (κ2) is 10.0. The molecule has 0 saturated heterocycles. The molecule has 8 heteroatoms. The summed E-state index contributed by atoms with van der Waals surface area (Å²) in [5.41, 5.74) is 1.42. The number of carbonyl (C=O) groups excluding carboxylic acids is 1. The van der Waals surface area contributed by atoms with E-state index in [0.717, 1.165) is 69.1 Å². The van der Waals surface area contributed by atoms with Crippen LogP contribution in [-0.4, -0.2) is 18.2 Å². The lowest BCUT2D eigenvalue weighted by molar-refractivity contribution is -0.137. The van der Waals surface area contributed by atoms with Gasteiger partial charge in [0.15, 0.2) is 0 Å². The van der Waals surface area contributed by atoms with Crippen LogP contribution < -0.4 is 5.32 Å². The van der Waals surface area contributed by atoms with Crippen molar-refractivity contribution in [1.29, 1.82) is 0 Å². The zero-order valence-corrected chi connectivity index (χ0v) is 20.1. The molecule has 4 nitrogen and oxygen atoms in total. The van der Waals surface area contributed by atoms with Gasteiger partial charge in [-0.3, -0.25) is 4.79 Å². The maximum absolute atomic E-state index is 13.3. The Bertz CT molecular complexity index is 1240. The Balaban J connectivity index is 1.39. The number of alkyl halides is 3. The molecule has 1 saturated carbocycles. The fourth-order valence-corrected chi connectivity index (χ4v) is 6.16. The molecule has 35 heavy (non-hydrogen) atoms. The Hall–Kier alpha value is -2.87. The molecule has 2 heterocycles. The number of furan rings is 1. The fourth-order valence-electron chi connectivity index (χ4n) is 4.93. The molecule has 2 aliphatic carbocycles. The molecule has 1 fully saturated rings. The Morgan fingerprint density at radius 1 is 1.06 bits per heavy atom. The first-order valence-corrected chi connectivity index (χ1v) is 13.0. The van der Waals surface area contributed by atoms with Gasteiger partial charge in [-0.25, -0.2) is 4.99 Å². The average molecular weight is 501 g/mol. The van der Waals surface area contributed by atoms with Gasteiger partial charge in [0, 0.05) is 16.5 Å². The van der Waals surface area contributed by atoms with Crippen molar-refractivity contribution in [3.05, 3.63) is 63.7 Å². The Morgan fingerprint density at radius 3 is 2.66 bits per heavy atom. The number of rotatable bonds is 5. The van der Waals surface area contributed by atoms with Crippen molar-refractivity contribution in [3.63, 3.8) is 0 Å². The molecular weight excluding hydrogens is 473 g/mol. The van der Waals surface area contributed by atoms with Gasteiger partial charge < -0.3 is 9.73 Å². The summed E-state index contributed by atoms with van der Waals surface area (Å²) in [5.74, 6) is 0.702. The van der Waals surface area contributed by atoms with Crippen molar-refractivity contribution in [2.75, 3.05) is 0 Å². The predicted octanol–water partition coefficient (Wildman–Crippen LogP) is 7.72. The second-order valence-corrected chi connectivity index (χ2v) is 10.3. The number of aliphatic imine (C=N–C) groups is 1. The first-order chi connectivity index (χ1) is 16.9. The van der Waals surface area contributed by atoms with Crippen LogP contribution in [0.3, 0.4) is 0 Å².